The van der Waals surface area contributed by atoms with Crippen molar-refractivity contribution in [2.45, 2.75) is 33.2 Å². The van der Waals surface area contributed by atoms with E-state index >= 15 is 0 Å². The van der Waals surface area contributed by atoms with Gasteiger partial charge in [-0.2, -0.15) is 0 Å². The van der Waals surface area contributed by atoms with Crippen molar-refractivity contribution in [1.82, 2.24) is 15.0 Å². The Morgan fingerprint density at radius 3 is 1.85 bits per heavy atom. The van der Waals surface area contributed by atoms with Crippen molar-refractivity contribution < 1.29 is 9.84 Å². The van der Waals surface area contributed by atoms with Gasteiger partial charge < -0.3 is 9.84 Å². The minimum Gasteiger partial charge on any atom is -0.392 e. The van der Waals surface area contributed by atoms with Gasteiger partial charge in [-0.05, 0) is 73.5 Å². The summed E-state index contributed by atoms with van der Waals surface area (Å²) in [5.74, 6) is 6.49. The Morgan fingerprint density at radius 1 is 0.758 bits per heavy atom. The molecule has 5 nitrogen and oxygen atoms in total. The summed E-state index contributed by atoms with van der Waals surface area (Å²) in [7, 11) is 0. The molecule has 0 unspecified atom stereocenters. The standard InChI is InChI=1S/C28H25N3O2/c1-20(2)33-19-24-14-21(13-23(15-24)18-32)9-10-22-16-27(25-7-3-5-11-29-25)31-28(17-22)26-8-4-6-12-30-26/h3-8,11-17,20,32H,18-19H2,1-2H3. The molecule has 0 saturated heterocycles. The van der Waals surface area contributed by atoms with Crippen molar-refractivity contribution in [3.8, 4) is 34.6 Å². The van der Waals surface area contributed by atoms with Gasteiger partial charge in [0.1, 0.15) is 0 Å². The average Bonchev–Trinajstić information content (AvgIpc) is 2.87. The first-order valence-electron chi connectivity index (χ1n) is 10.8. The third kappa shape index (κ3) is 6.11. The highest BCUT2D eigenvalue weighted by molar-refractivity contribution is 5.65. The maximum Gasteiger partial charge on any atom is 0.0906 e. The van der Waals surface area contributed by atoms with Gasteiger partial charge in [0, 0.05) is 23.5 Å². The largest absolute Gasteiger partial charge is 0.392 e. The third-order valence-corrected chi connectivity index (χ3v) is 4.85. The second-order valence-electron chi connectivity index (χ2n) is 7.86. The molecule has 4 rings (SSSR count). The number of ether oxygens (including phenoxy) is 1. The van der Waals surface area contributed by atoms with E-state index in [0.29, 0.717) is 6.61 Å². The fraction of sp³-hybridized carbons (Fsp3) is 0.179. The molecule has 164 valence electrons. The van der Waals surface area contributed by atoms with E-state index < -0.39 is 0 Å². The van der Waals surface area contributed by atoms with Crippen LogP contribution in [0.25, 0.3) is 22.8 Å². The number of benzene rings is 1. The van der Waals surface area contributed by atoms with E-state index in [1.165, 1.54) is 0 Å². The van der Waals surface area contributed by atoms with E-state index in [-0.39, 0.29) is 12.7 Å². The van der Waals surface area contributed by atoms with Gasteiger partial charge in [-0.1, -0.05) is 30.0 Å². The van der Waals surface area contributed by atoms with Crippen LogP contribution in [0.5, 0.6) is 0 Å². The summed E-state index contributed by atoms with van der Waals surface area (Å²) >= 11 is 0. The van der Waals surface area contributed by atoms with Crippen molar-refractivity contribution in [3.05, 3.63) is 101 Å². The molecular formula is C28H25N3O2. The third-order valence-electron chi connectivity index (χ3n) is 4.85. The zero-order valence-electron chi connectivity index (χ0n) is 18.7. The highest BCUT2D eigenvalue weighted by Crippen LogP contribution is 2.22. The molecule has 4 aromatic rings. The first kappa shape index (κ1) is 22.3. The van der Waals surface area contributed by atoms with Crippen molar-refractivity contribution in [1.29, 1.82) is 0 Å². The topological polar surface area (TPSA) is 68.1 Å². The predicted molar refractivity (Wildman–Crippen MR) is 129 cm³/mol. The number of aliphatic hydroxyl groups excluding tert-OH is 1. The van der Waals surface area contributed by atoms with Crippen LogP contribution in [0.4, 0.5) is 0 Å². The van der Waals surface area contributed by atoms with Crippen LogP contribution in [0.3, 0.4) is 0 Å². The molecule has 0 aliphatic heterocycles. The lowest BCUT2D eigenvalue weighted by Crippen LogP contribution is -2.03. The molecule has 0 amide bonds. The lowest BCUT2D eigenvalue weighted by molar-refractivity contribution is 0.0656. The second-order valence-corrected chi connectivity index (χ2v) is 7.86. The molecule has 1 aromatic carbocycles. The van der Waals surface area contributed by atoms with Crippen molar-refractivity contribution in [2.24, 2.45) is 0 Å². The van der Waals surface area contributed by atoms with Crippen LogP contribution < -0.4 is 0 Å². The smallest absolute Gasteiger partial charge is 0.0906 e. The number of aliphatic hydroxyl groups is 1. The molecule has 0 aliphatic carbocycles. The van der Waals surface area contributed by atoms with Gasteiger partial charge in [0.25, 0.3) is 0 Å². The van der Waals surface area contributed by atoms with Gasteiger partial charge in [-0.3, -0.25) is 9.97 Å². The van der Waals surface area contributed by atoms with Gasteiger partial charge in [0.2, 0.25) is 0 Å². The Morgan fingerprint density at radius 2 is 1.33 bits per heavy atom. The molecule has 3 aromatic heterocycles. The minimum atomic E-state index is -0.0485. The molecule has 0 atom stereocenters. The number of hydrogen-bond donors (Lipinski definition) is 1. The van der Waals surface area contributed by atoms with E-state index in [0.717, 1.165) is 45.0 Å². The number of nitrogens with zero attached hydrogens (tertiary/aromatic N) is 3. The normalized spacial score (nSPS) is 10.7. The van der Waals surface area contributed by atoms with Crippen molar-refractivity contribution in [3.63, 3.8) is 0 Å². The fourth-order valence-electron chi connectivity index (χ4n) is 3.31. The molecule has 5 heteroatoms. The molecule has 0 saturated carbocycles. The fourth-order valence-corrected chi connectivity index (χ4v) is 3.31. The number of aromatic nitrogens is 3. The summed E-state index contributed by atoms with van der Waals surface area (Å²) in [6.07, 6.45) is 3.62. The first-order valence-corrected chi connectivity index (χ1v) is 10.8. The van der Waals surface area contributed by atoms with Gasteiger partial charge in [0.15, 0.2) is 0 Å². The Labute approximate surface area is 194 Å². The lowest BCUT2D eigenvalue weighted by Gasteiger charge is -2.09. The highest BCUT2D eigenvalue weighted by atomic mass is 16.5. The van der Waals surface area contributed by atoms with Crippen LogP contribution in [-0.2, 0) is 18.0 Å². The molecule has 3 heterocycles. The molecule has 0 radical (unpaired) electrons. The zero-order valence-corrected chi connectivity index (χ0v) is 18.7. The monoisotopic (exact) mass is 435 g/mol. The average molecular weight is 436 g/mol. The predicted octanol–water partition coefficient (Wildman–Crippen LogP) is 5.02. The summed E-state index contributed by atoms with van der Waals surface area (Å²) in [5.41, 5.74) is 6.43. The number of pyridine rings is 3. The van der Waals surface area contributed by atoms with Crippen LogP contribution in [0.15, 0.2) is 79.1 Å². The molecule has 0 bridgehead atoms. The maximum absolute atomic E-state index is 9.66. The first-order chi connectivity index (χ1) is 16.1. The Bertz CT molecular complexity index is 1220. The summed E-state index contributed by atoms with van der Waals surface area (Å²) in [6.45, 7) is 4.42. The highest BCUT2D eigenvalue weighted by Gasteiger charge is 2.08. The maximum atomic E-state index is 9.66. The molecule has 33 heavy (non-hydrogen) atoms. The Hall–Kier alpha value is -3.85. The van der Waals surface area contributed by atoms with Gasteiger partial charge in [-0.25, -0.2) is 4.98 Å². The van der Waals surface area contributed by atoms with E-state index in [1.54, 1.807) is 12.4 Å². The van der Waals surface area contributed by atoms with Crippen molar-refractivity contribution >= 4 is 0 Å². The van der Waals surface area contributed by atoms with Crippen LogP contribution in [0.1, 0.15) is 36.1 Å². The molecule has 1 N–H and O–H groups in total. The van der Waals surface area contributed by atoms with E-state index in [2.05, 4.69) is 21.8 Å². The summed E-state index contributed by atoms with van der Waals surface area (Å²) in [5, 5.41) is 9.66. The van der Waals surface area contributed by atoms with E-state index in [1.807, 2.05) is 80.6 Å². The molecule has 0 fully saturated rings. The summed E-state index contributed by atoms with van der Waals surface area (Å²) in [4.78, 5) is 13.6. The van der Waals surface area contributed by atoms with Crippen LogP contribution in [0, 0.1) is 11.8 Å². The number of hydrogen-bond acceptors (Lipinski definition) is 5. The Kier molecular flexibility index (Phi) is 7.21. The van der Waals surface area contributed by atoms with Gasteiger partial charge in [0.05, 0.1) is 42.1 Å². The van der Waals surface area contributed by atoms with Crippen LogP contribution >= 0.6 is 0 Å². The van der Waals surface area contributed by atoms with Crippen LogP contribution in [0.2, 0.25) is 0 Å². The van der Waals surface area contributed by atoms with Gasteiger partial charge in [-0.15, -0.1) is 0 Å². The van der Waals surface area contributed by atoms with Crippen LogP contribution in [-0.4, -0.2) is 26.2 Å². The van der Waals surface area contributed by atoms with E-state index in [9.17, 15) is 5.11 Å². The molecular weight excluding hydrogens is 410 g/mol. The lowest BCUT2D eigenvalue weighted by atomic mass is 10.1. The summed E-state index contributed by atoms with van der Waals surface area (Å²) in [6, 6.07) is 21.2. The number of rotatable bonds is 6. The quantitative estimate of drug-likeness (QED) is 0.431. The Balaban J connectivity index is 1.74. The molecule has 0 spiro atoms. The zero-order chi connectivity index (χ0) is 23.0. The second kappa shape index (κ2) is 10.6. The SMILES string of the molecule is CC(C)OCc1cc(C#Cc2cc(-c3ccccn3)nc(-c3ccccn3)c2)cc(CO)c1. The minimum absolute atomic E-state index is 0.0485. The van der Waals surface area contributed by atoms with Gasteiger partial charge >= 0.3 is 0 Å². The summed E-state index contributed by atoms with van der Waals surface area (Å²) < 4.78 is 5.72. The van der Waals surface area contributed by atoms with E-state index in [4.69, 9.17) is 9.72 Å². The van der Waals surface area contributed by atoms with Crippen molar-refractivity contribution in [2.75, 3.05) is 0 Å². The molecule has 0 aliphatic rings.